The average molecular weight is 407 g/mol. The van der Waals surface area contributed by atoms with Crippen molar-refractivity contribution >= 4 is 11.6 Å². The van der Waals surface area contributed by atoms with Gasteiger partial charge in [-0.25, -0.2) is 0 Å². The fourth-order valence-electron chi connectivity index (χ4n) is 5.28. The molecule has 2 heteroatoms. The van der Waals surface area contributed by atoms with Crippen LogP contribution in [0.25, 0.3) is 0 Å². The van der Waals surface area contributed by atoms with E-state index in [4.69, 9.17) is 0 Å². The summed E-state index contributed by atoms with van der Waals surface area (Å²) < 4.78 is 0. The lowest BCUT2D eigenvalue weighted by Crippen LogP contribution is -2.29. The highest BCUT2D eigenvalue weighted by Crippen LogP contribution is 2.46. The van der Waals surface area contributed by atoms with E-state index in [0.717, 1.165) is 23.1 Å². The van der Waals surface area contributed by atoms with Gasteiger partial charge in [0.05, 0.1) is 0 Å². The molecule has 0 amide bonds. The van der Waals surface area contributed by atoms with Crippen molar-refractivity contribution in [2.24, 2.45) is 41.4 Å². The quantitative estimate of drug-likeness (QED) is 0.495. The van der Waals surface area contributed by atoms with Gasteiger partial charge in [0.2, 0.25) is 0 Å². The van der Waals surface area contributed by atoms with Crippen LogP contribution in [0.1, 0.15) is 73.6 Å². The summed E-state index contributed by atoms with van der Waals surface area (Å²) >= 11 is 0. The highest BCUT2D eigenvalue weighted by atomic mass is 16.1. The molecule has 0 aromatic rings. The van der Waals surface area contributed by atoms with E-state index in [1.54, 1.807) is 0 Å². The Balaban J connectivity index is 1.82. The molecule has 2 fully saturated rings. The topological polar surface area (TPSA) is 34.1 Å². The minimum atomic E-state index is 0.0555. The third kappa shape index (κ3) is 4.07. The predicted octanol–water partition coefficient (Wildman–Crippen LogP) is 6.64. The molecule has 30 heavy (non-hydrogen) atoms. The molecular weight excluding hydrogens is 368 g/mol. The van der Waals surface area contributed by atoms with Crippen LogP contribution in [-0.2, 0) is 9.59 Å². The molecule has 0 aliphatic heterocycles. The Kier molecular flexibility index (Phi) is 5.81. The summed E-state index contributed by atoms with van der Waals surface area (Å²) in [5, 5.41) is 0. The van der Waals surface area contributed by atoms with Crippen LogP contribution in [0, 0.1) is 41.4 Å². The molecule has 1 unspecified atom stereocenters. The molecule has 0 aromatic heterocycles. The minimum Gasteiger partial charge on any atom is -0.294 e. The van der Waals surface area contributed by atoms with Crippen molar-refractivity contribution < 1.29 is 9.59 Å². The van der Waals surface area contributed by atoms with Gasteiger partial charge in [-0.2, -0.15) is 0 Å². The van der Waals surface area contributed by atoms with E-state index >= 15 is 0 Å². The van der Waals surface area contributed by atoms with Crippen molar-refractivity contribution in [2.45, 2.75) is 73.6 Å². The zero-order chi connectivity index (χ0) is 21.7. The number of rotatable bonds is 6. The van der Waals surface area contributed by atoms with Crippen LogP contribution in [0.3, 0.4) is 0 Å². The van der Waals surface area contributed by atoms with Gasteiger partial charge in [0.15, 0.2) is 11.6 Å². The van der Waals surface area contributed by atoms with Crippen molar-refractivity contribution in [3.8, 4) is 0 Å². The summed E-state index contributed by atoms with van der Waals surface area (Å²) in [4.78, 5) is 26.5. The molecule has 4 aliphatic rings. The Hall–Kier alpha value is -1.70. The van der Waals surface area contributed by atoms with E-state index in [-0.39, 0.29) is 17.6 Å². The third-order valence-corrected chi connectivity index (χ3v) is 7.97. The molecule has 0 radical (unpaired) electrons. The van der Waals surface area contributed by atoms with Crippen LogP contribution < -0.4 is 0 Å². The molecular formula is C28H38O2. The third-order valence-electron chi connectivity index (χ3n) is 7.97. The van der Waals surface area contributed by atoms with E-state index in [2.05, 4.69) is 59.8 Å². The summed E-state index contributed by atoms with van der Waals surface area (Å²) in [5.41, 5.74) is 5.41. The number of carbonyl (C=O) groups excluding carboxylic acids is 2. The number of hydrogen-bond acceptors (Lipinski definition) is 2. The Bertz CT molecular complexity index is 868. The molecule has 2 saturated carbocycles. The molecule has 0 saturated heterocycles. The van der Waals surface area contributed by atoms with E-state index in [1.807, 2.05) is 0 Å². The number of carbonyl (C=O) groups is 2. The van der Waals surface area contributed by atoms with Gasteiger partial charge in [-0.3, -0.25) is 9.59 Å². The maximum Gasteiger partial charge on any atom is 0.185 e. The maximum atomic E-state index is 13.3. The van der Waals surface area contributed by atoms with Crippen LogP contribution in [0.15, 0.2) is 46.1 Å². The molecule has 162 valence electrons. The first-order chi connectivity index (χ1) is 14.2. The lowest BCUT2D eigenvalue weighted by Gasteiger charge is -2.31. The van der Waals surface area contributed by atoms with Crippen LogP contribution in [0.2, 0.25) is 0 Å². The molecule has 0 spiro atoms. The molecule has 0 bridgehead atoms. The second-order valence-corrected chi connectivity index (χ2v) is 10.9. The van der Waals surface area contributed by atoms with Gasteiger partial charge in [0, 0.05) is 17.1 Å². The first-order valence-electron chi connectivity index (χ1n) is 12.2. The SMILES string of the molecule is CC(C)C1=C/C(=C2\C=C([C@H](C)C3CC3)C(=O)C(C(C)C)C2)C=C([C@H](C)C2CC2)C1=O. The standard InChI is InChI=1S/C28H38O2/c1-15(2)23-11-21(13-25(27(23)29)17(5)19-7-8-19)22-12-24(16(3)4)28(30)26(14-22)18(6)20-9-10-20/h11,13-20,24H,7-10,12H2,1-6H3/b22-21+/t17-,18-,24?/m1/s1. The minimum absolute atomic E-state index is 0.0555. The van der Waals surface area contributed by atoms with Gasteiger partial charge in [-0.1, -0.05) is 47.6 Å². The van der Waals surface area contributed by atoms with Gasteiger partial charge >= 0.3 is 0 Å². The lowest BCUT2D eigenvalue weighted by atomic mass is 9.72. The van der Waals surface area contributed by atoms with E-state index in [1.165, 1.54) is 36.8 Å². The molecule has 0 aromatic carbocycles. The molecule has 2 nitrogen and oxygen atoms in total. The highest BCUT2D eigenvalue weighted by molar-refractivity contribution is 6.11. The highest BCUT2D eigenvalue weighted by Gasteiger charge is 2.39. The van der Waals surface area contributed by atoms with Crippen molar-refractivity contribution in [1.29, 1.82) is 0 Å². The fourth-order valence-corrected chi connectivity index (χ4v) is 5.28. The van der Waals surface area contributed by atoms with Gasteiger partial charge in [0.1, 0.15) is 0 Å². The van der Waals surface area contributed by atoms with Gasteiger partial charge in [-0.05, 0) is 96.5 Å². The van der Waals surface area contributed by atoms with E-state index in [9.17, 15) is 9.59 Å². The summed E-state index contributed by atoms with van der Waals surface area (Å²) in [6.45, 7) is 13.0. The lowest BCUT2D eigenvalue weighted by molar-refractivity contribution is -0.121. The van der Waals surface area contributed by atoms with E-state index < -0.39 is 0 Å². The van der Waals surface area contributed by atoms with Crippen LogP contribution >= 0.6 is 0 Å². The first-order valence-corrected chi connectivity index (χ1v) is 12.2. The van der Waals surface area contributed by atoms with Gasteiger partial charge < -0.3 is 0 Å². The summed E-state index contributed by atoms with van der Waals surface area (Å²) in [5.74, 6) is 3.22. The van der Waals surface area contributed by atoms with Gasteiger partial charge in [0.25, 0.3) is 0 Å². The summed E-state index contributed by atoms with van der Waals surface area (Å²) in [7, 11) is 0. The molecule has 4 aliphatic carbocycles. The molecule has 3 atom stereocenters. The Morgan fingerprint density at radius 1 is 0.733 bits per heavy atom. The number of hydrogen-bond donors (Lipinski definition) is 0. The normalized spacial score (nSPS) is 29.7. The average Bonchev–Trinajstić information content (AvgIpc) is 3.59. The monoisotopic (exact) mass is 406 g/mol. The molecule has 0 heterocycles. The second kappa shape index (κ2) is 8.09. The zero-order valence-electron chi connectivity index (χ0n) is 19.6. The molecule has 0 N–H and O–H groups in total. The smallest absolute Gasteiger partial charge is 0.185 e. The first kappa shape index (κ1) is 21.5. The van der Waals surface area contributed by atoms with Crippen molar-refractivity contribution in [1.82, 2.24) is 0 Å². The maximum absolute atomic E-state index is 13.3. The number of Topliss-reactive ketones (excluding diaryl/α,β-unsaturated/α-hetero) is 2. The van der Waals surface area contributed by atoms with Crippen LogP contribution in [0.5, 0.6) is 0 Å². The summed E-state index contributed by atoms with van der Waals surface area (Å²) in [6, 6.07) is 0. The van der Waals surface area contributed by atoms with Crippen molar-refractivity contribution in [3.63, 3.8) is 0 Å². The predicted molar refractivity (Wildman–Crippen MR) is 123 cm³/mol. The van der Waals surface area contributed by atoms with E-state index in [0.29, 0.717) is 35.4 Å². The van der Waals surface area contributed by atoms with Crippen LogP contribution in [-0.4, -0.2) is 11.6 Å². The Labute approximate surface area is 182 Å². The van der Waals surface area contributed by atoms with Crippen molar-refractivity contribution in [2.75, 3.05) is 0 Å². The Morgan fingerprint density at radius 3 is 1.77 bits per heavy atom. The largest absolute Gasteiger partial charge is 0.294 e. The van der Waals surface area contributed by atoms with Crippen molar-refractivity contribution in [3.05, 3.63) is 46.1 Å². The van der Waals surface area contributed by atoms with Gasteiger partial charge in [-0.15, -0.1) is 0 Å². The Morgan fingerprint density at radius 2 is 1.27 bits per heavy atom. The summed E-state index contributed by atoms with van der Waals surface area (Å²) in [6.07, 6.45) is 12.3. The number of ketones is 2. The number of allylic oxidation sites excluding steroid dienone is 8. The fraction of sp³-hybridized carbons (Fsp3) is 0.643. The molecule has 4 rings (SSSR count). The van der Waals surface area contributed by atoms with Crippen LogP contribution in [0.4, 0.5) is 0 Å². The zero-order valence-corrected chi connectivity index (χ0v) is 19.6. The second-order valence-electron chi connectivity index (χ2n) is 10.9.